The molecule has 15 heavy (non-hydrogen) atoms. The second-order valence-electron chi connectivity index (χ2n) is 3.52. The van der Waals surface area contributed by atoms with E-state index in [-0.39, 0.29) is 0 Å². The number of amides is 1. The number of nitrogens with one attached hydrogen (secondary N) is 1. The highest BCUT2D eigenvalue weighted by Crippen LogP contribution is 2.18. The number of anilines is 1. The summed E-state index contributed by atoms with van der Waals surface area (Å²) in [4.78, 5) is 16.7. The van der Waals surface area contributed by atoms with Gasteiger partial charge < -0.3 is 15.3 Å². The van der Waals surface area contributed by atoms with E-state index in [1.807, 2.05) is 12.1 Å². The van der Waals surface area contributed by atoms with Crippen molar-refractivity contribution in [3.8, 4) is 0 Å². The van der Waals surface area contributed by atoms with Crippen LogP contribution < -0.4 is 10.2 Å². The zero-order chi connectivity index (χ0) is 10.7. The lowest BCUT2D eigenvalue weighted by molar-refractivity contribution is 0.194. The van der Waals surface area contributed by atoms with Gasteiger partial charge in [-0.15, -0.1) is 0 Å². The molecule has 5 heteroatoms. The largest absolute Gasteiger partial charge is 0.465 e. The van der Waals surface area contributed by atoms with Crippen LogP contribution in [0.2, 0.25) is 0 Å². The van der Waals surface area contributed by atoms with Crippen LogP contribution in [-0.2, 0) is 6.54 Å². The zero-order valence-corrected chi connectivity index (χ0v) is 8.31. The highest BCUT2D eigenvalue weighted by Gasteiger charge is 2.15. The van der Waals surface area contributed by atoms with Crippen molar-refractivity contribution in [2.45, 2.75) is 13.0 Å². The van der Waals surface area contributed by atoms with Crippen molar-refractivity contribution >= 4 is 11.9 Å². The van der Waals surface area contributed by atoms with Crippen LogP contribution in [0.25, 0.3) is 0 Å². The minimum Gasteiger partial charge on any atom is -0.465 e. The van der Waals surface area contributed by atoms with Gasteiger partial charge >= 0.3 is 6.09 Å². The topological polar surface area (TPSA) is 65.5 Å². The third kappa shape index (κ3) is 2.37. The number of hydrogen-bond acceptors (Lipinski definition) is 3. The third-order valence-corrected chi connectivity index (χ3v) is 2.43. The van der Waals surface area contributed by atoms with Crippen molar-refractivity contribution in [1.82, 2.24) is 10.3 Å². The predicted octanol–water partition coefficient (Wildman–Crippen LogP) is 1.06. The average molecular weight is 207 g/mol. The Hall–Kier alpha value is -1.78. The van der Waals surface area contributed by atoms with E-state index in [1.165, 1.54) is 6.42 Å². The van der Waals surface area contributed by atoms with Crippen LogP contribution in [0, 0.1) is 0 Å². The van der Waals surface area contributed by atoms with Crippen molar-refractivity contribution in [2.24, 2.45) is 0 Å². The monoisotopic (exact) mass is 207 g/mol. The number of aromatic nitrogens is 1. The summed E-state index contributed by atoms with van der Waals surface area (Å²) in [5.74, 6) is 0.936. The van der Waals surface area contributed by atoms with Gasteiger partial charge in [0.2, 0.25) is 0 Å². The van der Waals surface area contributed by atoms with Gasteiger partial charge in [-0.1, -0.05) is 0 Å². The first-order chi connectivity index (χ1) is 7.25. The first-order valence-corrected chi connectivity index (χ1v) is 4.92. The summed E-state index contributed by atoms with van der Waals surface area (Å²) in [7, 11) is 0. The van der Waals surface area contributed by atoms with E-state index in [4.69, 9.17) is 5.11 Å². The molecule has 80 valence electrons. The Morgan fingerprint density at radius 3 is 3.00 bits per heavy atom. The van der Waals surface area contributed by atoms with Gasteiger partial charge in [0.05, 0.1) is 0 Å². The second kappa shape index (κ2) is 4.16. The van der Waals surface area contributed by atoms with E-state index in [0.717, 1.165) is 24.5 Å². The highest BCUT2D eigenvalue weighted by atomic mass is 16.4. The Balaban J connectivity index is 2.01. The molecular formula is C10H13N3O2. The fourth-order valence-electron chi connectivity index (χ4n) is 1.47. The first kappa shape index (κ1) is 9.76. The maximum atomic E-state index is 10.3. The van der Waals surface area contributed by atoms with Crippen LogP contribution in [-0.4, -0.2) is 29.3 Å². The van der Waals surface area contributed by atoms with E-state index >= 15 is 0 Å². The number of nitrogens with zero attached hydrogens (tertiary/aromatic N) is 2. The van der Waals surface area contributed by atoms with Gasteiger partial charge in [-0.2, -0.15) is 0 Å². The fourth-order valence-corrected chi connectivity index (χ4v) is 1.47. The summed E-state index contributed by atoms with van der Waals surface area (Å²) in [6.45, 7) is 2.42. The standard InChI is InChI=1S/C10H13N3O2/c14-10(15)12-7-8-2-3-11-9(6-8)13-4-1-5-13/h2-3,6,12H,1,4-5,7H2,(H,14,15). The van der Waals surface area contributed by atoms with Gasteiger partial charge in [-0.25, -0.2) is 9.78 Å². The number of rotatable bonds is 3. The SMILES string of the molecule is O=C(O)NCc1ccnc(N2CCC2)c1. The van der Waals surface area contributed by atoms with Crippen LogP contribution in [0.1, 0.15) is 12.0 Å². The van der Waals surface area contributed by atoms with Gasteiger partial charge in [0.25, 0.3) is 0 Å². The third-order valence-electron chi connectivity index (χ3n) is 2.43. The first-order valence-electron chi connectivity index (χ1n) is 4.92. The van der Waals surface area contributed by atoms with E-state index < -0.39 is 6.09 Å². The van der Waals surface area contributed by atoms with Gasteiger partial charge in [-0.05, 0) is 24.1 Å². The Bertz CT molecular complexity index is 363. The van der Waals surface area contributed by atoms with Crippen molar-refractivity contribution in [3.05, 3.63) is 23.9 Å². The molecule has 0 saturated carbocycles. The number of carboxylic acid groups (broad SMARTS) is 1. The van der Waals surface area contributed by atoms with Crippen molar-refractivity contribution in [3.63, 3.8) is 0 Å². The molecule has 0 bridgehead atoms. The van der Waals surface area contributed by atoms with Crippen LogP contribution in [0.5, 0.6) is 0 Å². The van der Waals surface area contributed by atoms with Crippen molar-refractivity contribution < 1.29 is 9.90 Å². The minimum atomic E-state index is -1.00. The summed E-state index contributed by atoms with van der Waals surface area (Å²) in [5.41, 5.74) is 0.939. The maximum absolute atomic E-state index is 10.3. The highest BCUT2D eigenvalue weighted by molar-refractivity contribution is 5.64. The van der Waals surface area contributed by atoms with Crippen molar-refractivity contribution in [2.75, 3.05) is 18.0 Å². The minimum absolute atomic E-state index is 0.332. The van der Waals surface area contributed by atoms with E-state index in [1.54, 1.807) is 6.20 Å². The molecule has 2 rings (SSSR count). The molecule has 0 unspecified atom stereocenters. The number of pyridine rings is 1. The van der Waals surface area contributed by atoms with Gasteiger partial charge in [-0.3, -0.25) is 0 Å². The van der Waals surface area contributed by atoms with Crippen molar-refractivity contribution in [1.29, 1.82) is 0 Å². The second-order valence-corrected chi connectivity index (χ2v) is 3.52. The smallest absolute Gasteiger partial charge is 0.404 e. The molecule has 1 aliphatic heterocycles. The van der Waals surface area contributed by atoms with E-state index in [2.05, 4.69) is 15.2 Å². The van der Waals surface area contributed by atoms with Crippen LogP contribution in [0.3, 0.4) is 0 Å². The molecule has 1 fully saturated rings. The van der Waals surface area contributed by atoms with Crippen LogP contribution in [0.4, 0.5) is 10.6 Å². The Morgan fingerprint density at radius 1 is 1.60 bits per heavy atom. The molecule has 5 nitrogen and oxygen atoms in total. The Morgan fingerprint density at radius 2 is 2.40 bits per heavy atom. The maximum Gasteiger partial charge on any atom is 0.404 e. The molecule has 2 heterocycles. The normalized spacial score (nSPS) is 14.5. The lowest BCUT2D eigenvalue weighted by Gasteiger charge is -2.32. The lowest BCUT2D eigenvalue weighted by Crippen LogP contribution is -2.37. The van der Waals surface area contributed by atoms with Gasteiger partial charge in [0.1, 0.15) is 5.82 Å². The molecule has 1 amide bonds. The molecule has 0 atom stereocenters. The molecule has 1 aromatic rings. The predicted molar refractivity (Wildman–Crippen MR) is 55.9 cm³/mol. The van der Waals surface area contributed by atoms with Crippen LogP contribution >= 0.6 is 0 Å². The number of hydrogen-bond donors (Lipinski definition) is 2. The summed E-state index contributed by atoms with van der Waals surface area (Å²) < 4.78 is 0. The Labute approximate surface area is 87.7 Å². The molecule has 0 spiro atoms. The molecule has 2 N–H and O–H groups in total. The Kier molecular flexibility index (Phi) is 2.71. The van der Waals surface area contributed by atoms with E-state index in [0.29, 0.717) is 6.54 Å². The van der Waals surface area contributed by atoms with Gasteiger partial charge in [0, 0.05) is 25.8 Å². The summed E-state index contributed by atoms with van der Waals surface area (Å²) in [5, 5.41) is 10.8. The fraction of sp³-hybridized carbons (Fsp3) is 0.400. The summed E-state index contributed by atoms with van der Waals surface area (Å²) >= 11 is 0. The molecule has 0 radical (unpaired) electrons. The zero-order valence-electron chi connectivity index (χ0n) is 8.31. The van der Waals surface area contributed by atoms with Crippen LogP contribution in [0.15, 0.2) is 18.3 Å². The van der Waals surface area contributed by atoms with Gasteiger partial charge in [0.15, 0.2) is 0 Å². The summed E-state index contributed by atoms with van der Waals surface area (Å²) in [6.07, 6.45) is 1.92. The quantitative estimate of drug-likeness (QED) is 0.777. The molecule has 1 aromatic heterocycles. The average Bonchev–Trinajstić information content (AvgIpc) is 2.13. The molecule has 0 aliphatic carbocycles. The summed E-state index contributed by atoms with van der Waals surface area (Å²) in [6, 6.07) is 3.74. The molecule has 1 aliphatic rings. The number of carbonyl (C=O) groups is 1. The molecule has 1 saturated heterocycles. The molecule has 0 aromatic carbocycles. The van der Waals surface area contributed by atoms with E-state index in [9.17, 15) is 4.79 Å². The molecular weight excluding hydrogens is 194 g/mol. The lowest BCUT2D eigenvalue weighted by atomic mass is 10.2.